The standard InChI is InChI=1S/C12H15ClN2O/c1-10(16)14-6-8-15(9-7-14)12-5-3-2-4-11(12)13/h2-5H,6-9H2,1H3. The number of rotatable bonds is 1. The van der Waals surface area contributed by atoms with Crippen LogP contribution in [0.5, 0.6) is 0 Å². The number of anilines is 1. The molecule has 2 rings (SSSR count). The number of carbonyl (C=O) groups excluding carboxylic acids is 1. The lowest BCUT2D eigenvalue weighted by molar-refractivity contribution is -0.129. The van der Waals surface area contributed by atoms with Gasteiger partial charge in [0.1, 0.15) is 0 Å². The Labute approximate surface area is 101 Å². The SMILES string of the molecule is CC(=O)N1CCN(c2ccccc2Cl)CC1. The van der Waals surface area contributed by atoms with Crippen LogP contribution in [-0.2, 0) is 4.79 Å². The van der Waals surface area contributed by atoms with Crippen molar-refractivity contribution < 1.29 is 4.79 Å². The molecule has 0 aromatic heterocycles. The van der Waals surface area contributed by atoms with Gasteiger partial charge in [-0.25, -0.2) is 0 Å². The number of amides is 1. The van der Waals surface area contributed by atoms with E-state index in [4.69, 9.17) is 11.6 Å². The lowest BCUT2D eigenvalue weighted by Gasteiger charge is -2.36. The van der Waals surface area contributed by atoms with Gasteiger partial charge in [0.15, 0.2) is 0 Å². The van der Waals surface area contributed by atoms with Crippen molar-refractivity contribution in [2.75, 3.05) is 31.1 Å². The number of benzene rings is 1. The molecule has 16 heavy (non-hydrogen) atoms. The first kappa shape index (κ1) is 11.3. The predicted octanol–water partition coefficient (Wildman–Crippen LogP) is 2.01. The van der Waals surface area contributed by atoms with Crippen LogP contribution in [0.15, 0.2) is 24.3 Å². The summed E-state index contributed by atoms with van der Waals surface area (Å²) < 4.78 is 0. The molecule has 1 aliphatic rings. The number of carbonyl (C=O) groups is 1. The van der Waals surface area contributed by atoms with Crippen LogP contribution in [0.4, 0.5) is 5.69 Å². The first-order valence-corrected chi connectivity index (χ1v) is 5.81. The summed E-state index contributed by atoms with van der Waals surface area (Å²) in [6, 6.07) is 7.83. The summed E-state index contributed by atoms with van der Waals surface area (Å²) in [6.07, 6.45) is 0. The monoisotopic (exact) mass is 238 g/mol. The zero-order chi connectivity index (χ0) is 11.5. The molecule has 0 saturated carbocycles. The number of piperazine rings is 1. The maximum absolute atomic E-state index is 11.2. The van der Waals surface area contributed by atoms with Crippen molar-refractivity contribution in [1.29, 1.82) is 0 Å². The molecule has 1 saturated heterocycles. The Kier molecular flexibility index (Phi) is 3.34. The van der Waals surface area contributed by atoms with E-state index < -0.39 is 0 Å². The molecule has 3 nitrogen and oxygen atoms in total. The molecule has 0 bridgehead atoms. The molecule has 0 spiro atoms. The van der Waals surface area contributed by atoms with Crippen molar-refractivity contribution in [3.05, 3.63) is 29.3 Å². The lowest BCUT2D eigenvalue weighted by Crippen LogP contribution is -2.48. The Balaban J connectivity index is 2.05. The van der Waals surface area contributed by atoms with Crippen LogP contribution in [-0.4, -0.2) is 37.0 Å². The fourth-order valence-corrected chi connectivity index (χ4v) is 2.23. The van der Waals surface area contributed by atoms with E-state index in [0.717, 1.165) is 36.9 Å². The Morgan fingerprint density at radius 3 is 2.38 bits per heavy atom. The van der Waals surface area contributed by atoms with Gasteiger partial charge in [-0.2, -0.15) is 0 Å². The molecule has 1 fully saturated rings. The molecular weight excluding hydrogens is 224 g/mol. The highest BCUT2D eigenvalue weighted by molar-refractivity contribution is 6.33. The molecule has 1 aromatic carbocycles. The van der Waals surface area contributed by atoms with Crippen molar-refractivity contribution in [2.45, 2.75) is 6.92 Å². The van der Waals surface area contributed by atoms with Gasteiger partial charge in [0.2, 0.25) is 5.91 Å². The molecule has 0 atom stereocenters. The largest absolute Gasteiger partial charge is 0.367 e. The zero-order valence-electron chi connectivity index (χ0n) is 9.32. The van der Waals surface area contributed by atoms with E-state index in [1.54, 1.807) is 6.92 Å². The fourth-order valence-electron chi connectivity index (χ4n) is 1.97. The van der Waals surface area contributed by atoms with Crippen LogP contribution >= 0.6 is 11.6 Å². The Morgan fingerprint density at radius 1 is 1.19 bits per heavy atom. The van der Waals surface area contributed by atoms with Crippen LogP contribution in [0.2, 0.25) is 5.02 Å². The van der Waals surface area contributed by atoms with Gasteiger partial charge in [-0.15, -0.1) is 0 Å². The Bertz CT molecular complexity index is 386. The third-order valence-corrected chi connectivity index (χ3v) is 3.24. The molecule has 1 amide bonds. The van der Waals surface area contributed by atoms with E-state index in [1.165, 1.54) is 0 Å². The van der Waals surface area contributed by atoms with Gasteiger partial charge in [-0.3, -0.25) is 4.79 Å². The van der Waals surface area contributed by atoms with Crippen LogP contribution < -0.4 is 4.90 Å². The summed E-state index contributed by atoms with van der Waals surface area (Å²) in [5.41, 5.74) is 1.06. The number of hydrogen-bond acceptors (Lipinski definition) is 2. The van der Waals surface area contributed by atoms with Crippen molar-refractivity contribution in [3.8, 4) is 0 Å². The maximum Gasteiger partial charge on any atom is 0.219 e. The summed E-state index contributed by atoms with van der Waals surface area (Å²) in [7, 11) is 0. The highest BCUT2D eigenvalue weighted by Gasteiger charge is 2.19. The van der Waals surface area contributed by atoms with E-state index >= 15 is 0 Å². The van der Waals surface area contributed by atoms with Crippen molar-refractivity contribution in [2.24, 2.45) is 0 Å². The average molecular weight is 239 g/mol. The molecule has 0 radical (unpaired) electrons. The van der Waals surface area contributed by atoms with E-state index in [2.05, 4.69) is 4.90 Å². The fraction of sp³-hybridized carbons (Fsp3) is 0.417. The lowest BCUT2D eigenvalue weighted by atomic mass is 10.2. The van der Waals surface area contributed by atoms with E-state index in [1.807, 2.05) is 29.2 Å². The van der Waals surface area contributed by atoms with Crippen LogP contribution in [0, 0.1) is 0 Å². The Morgan fingerprint density at radius 2 is 1.81 bits per heavy atom. The minimum Gasteiger partial charge on any atom is -0.367 e. The van der Waals surface area contributed by atoms with Gasteiger partial charge in [0.25, 0.3) is 0 Å². The minimum atomic E-state index is 0.152. The smallest absolute Gasteiger partial charge is 0.219 e. The summed E-state index contributed by atoms with van der Waals surface area (Å²) in [5.74, 6) is 0.152. The van der Waals surface area contributed by atoms with Gasteiger partial charge >= 0.3 is 0 Å². The molecule has 86 valence electrons. The summed E-state index contributed by atoms with van der Waals surface area (Å²) in [4.78, 5) is 15.3. The Hall–Kier alpha value is -1.22. The first-order chi connectivity index (χ1) is 7.68. The van der Waals surface area contributed by atoms with Crippen molar-refractivity contribution >= 4 is 23.2 Å². The van der Waals surface area contributed by atoms with Crippen molar-refractivity contribution in [1.82, 2.24) is 4.90 Å². The average Bonchev–Trinajstić information content (AvgIpc) is 2.30. The minimum absolute atomic E-state index is 0.152. The molecule has 0 N–H and O–H groups in total. The second-order valence-corrected chi connectivity index (χ2v) is 4.35. The van der Waals surface area contributed by atoms with Crippen molar-refractivity contribution in [3.63, 3.8) is 0 Å². The molecule has 1 heterocycles. The second kappa shape index (κ2) is 4.74. The van der Waals surface area contributed by atoms with Crippen LogP contribution in [0.1, 0.15) is 6.92 Å². The molecule has 1 aliphatic heterocycles. The number of nitrogens with zero attached hydrogens (tertiary/aromatic N) is 2. The highest BCUT2D eigenvalue weighted by Crippen LogP contribution is 2.25. The summed E-state index contributed by atoms with van der Waals surface area (Å²) in [5, 5.41) is 0.777. The van der Waals surface area contributed by atoms with Crippen LogP contribution in [0.3, 0.4) is 0 Å². The number of halogens is 1. The van der Waals surface area contributed by atoms with E-state index in [-0.39, 0.29) is 5.91 Å². The highest BCUT2D eigenvalue weighted by atomic mass is 35.5. The zero-order valence-corrected chi connectivity index (χ0v) is 10.1. The number of para-hydroxylation sites is 1. The third-order valence-electron chi connectivity index (χ3n) is 2.92. The van der Waals surface area contributed by atoms with Gasteiger partial charge in [0.05, 0.1) is 10.7 Å². The summed E-state index contributed by atoms with van der Waals surface area (Å²) >= 11 is 6.13. The quantitative estimate of drug-likeness (QED) is 0.747. The van der Waals surface area contributed by atoms with Gasteiger partial charge in [0, 0.05) is 33.1 Å². The topological polar surface area (TPSA) is 23.6 Å². The maximum atomic E-state index is 11.2. The van der Waals surface area contributed by atoms with Gasteiger partial charge < -0.3 is 9.80 Å². The molecule has 4 heteroatoms. The number of hydrogen-bond donors (Lipinski definition) is 0. The first-order valence-electron chi connectivity index (χ1n) is 5.43. The molecule has 0 unspecified atom stereocenters. The molecule has 1 aromatic rings. The second-order valence-electron chi connectivity index (χ2n) is 3.94. The summed E-state index contributed by atoms with van der Waals surface area (Å²) in [6.45, 7) is 4.87. The van der Waals surface area contributed by atoms with E-state index in [0.29, 0.717) is 0 Å². The third kappa shape index (κ3) is 2.30. The van der Waals surface area contributed by atoms with Gasteiger partial charge in [-0.1, -0.05) is 23.7 Å². The molecule has 0 aliphatic carbocycles. The molecular formula is C12H15ClN2O. The van der Waals surface area contributed by atoms with Crippen LogP contribution in [0.25, 0.3) is 0 Å². The van der Waals surface area contributed by atoms with Gasteiger partial charge in [-0.05, 0) is 12.1 Å². The predicted molar refractivity (Wildman–Crippen MR) is 65.9 cm³/mol. The van der Waals surface area contributed by atoms with E-state index in [9.17, 15) is 4.79 Å². The normalized spacial score (nSPS) is 16.4.